The Labute approximate surface area is 186 Å². The van der Waals surface area contributed by atoms with Crippen LogP contribution in [0, 0.1) is 6.92 Å². The van der Waals surface area contributed by atoms with Crippen LogP contribution >= 0.6 is 0 Å². The summed E-state index contributed by atoms with van der Waals surface area (Å²) in [6.45, 7) is 2.48. The summed E-state index contributed by atoms with van der Waals surface area (Å²) in [7, 11) is -2.11. The van der Waals surface area contributed by atoms with Gasteiger partial charge in [-0.3, -0.25) is 0 Å². The highest BCUT2D eigenvalue weighted by molar-refractivity contribution is 7.87. The van der Waals surface area contributed by atoms with Crippen molar-refractivity contribution in [3.8, 4) is 0 Å². The molecule has 0 fully saturated rings. The lowest BCUT2D eigenvalue weighted by atomic mass is 9.95. The van der Waals surface area contributed by atoms with Crippen LogP contribution in [-0.2, 0) is 16.6 Å². The first-order valence-electron chi connectivity index (χ1n) is 10.5. The van der Waals surface area contributed by atoms with Gasteiger partial charge in [0.15, 0.2) is 0 Å². The molecule has 0 aliphatic carbocycles. The molecule has 164 valence electrons. The first-order valence-corrected chi connectivity index (χ1v) is 12.0. The summed E-state index contributed by atoms with van der Waals surface area (Å²) in [5.41, 5.74) is 10.6. The molecule has 0 unspecified atom stereocenters. The van der Waals surface area contributed by atoms with Gasteiger partial charge in [0.05, 0.1) is 12.1 Å². The number of nitrogens with two attached hydrogens (primary N) is 1. The topological polar surface area (TPSA) is 75.4 Å². The molecular weight excluding hydrogens is 406 g/mol. The molecule has 31 heavy (non-hydrogen) atoms. The lowest BCUT2D eigenvalue weighted by Crippen LogP contribution is -2.43. The third-order valence-electron chi connectivity index (χ3n) is 5.45. The maximum Gasteiger partial charge on any atom is 0.279 e. The van der Waals surface area contributed by atoms with Gasteiger partial charge in [-0.2, -0.15) is 17.4 Å². The first-order chi connectivity index (χ1) is 14.9. The third kappa shape index (κ3) is 6.48. The van der Waals surface area contributed by atoms with Crippen LogP contribution in [0.4, 0.5) is 0 Å². The molecule has 2 atom stereocenters. The van der Waals surface area contributed by atoms with Crippen molar-refractivity contribution in [1.82, 2.24) is 9.03 Å². The average molecular weight is 438 g/mol. The second-order valence-corrected chi connectivity index (χ2v) is 9.67. The summed E-state index contributed by atoms with van der Waals surface area (Å²) in [4.78, 5) is 0. The number of hydrogen-bond acceptors (Lipinski definition) is 3. The van der Waals surface area contributed by atoms with Crippen LogP contribution in [-0.4, -0.2) is 26.3 Å². The van der Waals surface area contributed by atoms with Crippen LogP contribution in [0.15, 0.2) is 84.9 Å². The van der Waals surface area contributed by atoms with E-state index in [-0.39, 0.29) is 0 Å². The third-order valence-corrected chi connectivity index (χ3v) is 7.00. The molecule has 0 radical (unpaired) electrons. The van der Waals surface area contributed by atoms with Gasteiger partial charge >= 0.3 is 0 Å². The fourth-order valence-corrected chi connectivity index (χ4v) is 4.66. The van der Waals surface area contributed by atoms with Crippen molar-refractivity contribution >= 4 is 10.2 Å². The van der Waals surface area contributed by atoms with Gasteiger partial charge in [-0.05, 0) is 36.5 Å². The molecule has 0 bridgehead atoms. The monoisotopic (exact) mass is 437 g/mol. The van der Waals surface area contributed by atoms with Crippen molar-refractivity contribution in [2.75, 3.05) is 13.6 Å². The molecular formula is C25H31N3O2S. The number of nitrogens with one attached hydrogen (secondary N) is 1. The van der Waals surface area contributed by atoms with Crippen LogP contribution < -0.4 is 10.5 Å². The Morgan fingerprint density at radius 1 is 0.871 bits per heavy atom. The molecule has 0 aliphatic heterocycles. The maximum atomic E-state index is 13.1. The van der Waals surface area contributed by atoms with E-state index in [0.717, 1.165) is 24.0 Å². The van der Waals surface area contributed by atoms with Gasteiger partial charge in [0.25, 0.3) is 10.2 Å². The average Bonchev–Trinajstić information content (AvgIpc) is 2.79. The minimum absolute atomic E-state index is 0.422. The van der Waals surface area contributed by atoms with Crippen LogP contribution in [0.5, 0.6) is 0 Å². The van der Waals surface area contributed by atoms with Gasteiger partial charge in [-0.1, -0.05) is 90.5 Å². The highest BCUT2D eigenvalue weighted by Crippen LogP contribution is 2.27. The standard InChI is InChI=1S/C25H31N3O2S/c1-20-15-17-21(18-16-20)10-9-19-28(2)31(29,30)27-25(23-13-7-4-8-14-23)24(26)22-11-5-3-6-12-22/h3-8,11-18,24-25,27H,9-10,19,26H2,1-2H3/t24-,25-/m0/s1. The predicted octanol–water partition coefficient (Wildman–Crippen LogP) is 4.14. The minimum atomic E-state index is -3.72. The van der Waals surface area contributed by atoms with E-state index in [2.05, 4.69) is 35.9 Å². The van der Waals surface area contributed by atoms with Crippen LogP contribution in [0.2, 0.25) is 0 Å². The van der Waals surface area contributed by atoms with E-state index in [0.29, 0.717) is 6.54 Å². The molecule has 0 aliphatic rings. The SMILES string of the molecule is Cc1ccc(CCCN(C)S(=O)(=O)N[C@@H](c2ccccc2)[C@@H](N)c2ccccc2)cc1. The lowest BCUT2D eigenvalue weighted by Gasteiger charge is -2.28. The second-order valence-electron chi connectivity index (χ2n) is 7.86. The van der Waals surface area contributed by atoms with Crippen molar-refractivity contribution in [3.05, 3.63) is 107 Å². The Balaban J connectivity index is 1.70. The smallest absolute Gasteiger partial charge is 0.279 e. The van der Waals surface area contributed by atoms with Crippen molar-refractivity contribution in [2.24, 2.45) is 5.73 Å². The van der Waals surface area contributed by atoms with Crippen molar-refractivity contribution in [1.29, 1.82) is 0 Å². The maximum absolute atomic E-state index is 13.1. The highest BCUT2D eigenvalue weighted by atomic mass is 32.2. The second kappa shape index (κ2) is 10.7. The Hall–Kier alpha value is -2.51. The van der Waals surface area contributed by atoms with E-state index < -0.39 is 22.3 Å². The molecule has 3 aromatic rings. The van der Waals surface area contributed by atoms with Crippen molar-refractivity contribution in [3.63, 3.8) is 0 Å². The van der Waals surface area contributed by atoms with Gasteiger partial charge in [0.2, 0.25) is 0 Å². The number of hydrogen-bond donors (Lipinski definition) is 2. The minimum Gasteiger partial charge on any atom is -0.322 e. The van der Waals surface area contributed by atoms with Gasteiger partial charge in [-0.25, -0.2) is 0 Å². The zero-order valence-electron chi connectivity index (χ0n) is 18.1. The number of rotatable bonds is 10. The molecule has 0 heterocycles. The van der Waals surface area contributed by atoms with E-state index in [4.69, 9.17) is 5.73 Å². The van der Waals surface area contributed by atoms with E-state index in [9.17, 15) is 8.42 Å². The molecule has 0 saturated carbocycles. The zero-order valence-corrected chi connectivity index (χ0v) is 18.9. The number of nitrogens with zero attached hydrogens (tertiary/aromatic N) is 1. The Bertz CT molecular complexity index is 1040. The lowest BCUT2D eigenvalue weighted by molar-refractivity contribution is 0.428. The molecule has 0 spiro atoms. The van der Waals surface area contributed by atoms with Crippen molar-refractivity contribution in [2.45, 2.75) is 31.8 Å². The quantitative estimate of drug-likeness (QED) is 0.501. The summed E-state index contributed by atoms with van der Waals surface area (Å²) >= 11 is 0. The fourth-order valence-electron chi connectivity index (χ4n) is 3.51. The van der Waals surface area contributed by atoms with E-state index in [1.807, 2.05) is 60.7 Å². The summed E-state index contributed by atoms with van der Waals surface area (Å²) in [5, 5.41) is 0. The molecule has 3 rings (SSSR count). The zero-order chi connectivity index (χ0) is 22.3. The van der Waals surface area contributed by atoms with Gasteiger partial charge in [-0.15, -0.1) is 0 Å². The first kappa shape index (κ1) is 23.2. The van der Waals surface area contributed by atoms with E-state index >= 15 is 0 Å². The predicted molar refractivity (Wildman–Crippen MR) is 127 cm³/mol. The highest BCUT2D eigenvalue weighted by Gasteiger charge is 2.28. The van der Waals surface area contributed by atoms with E-state index in [1.54, 1.807) is 7.05 Å². The van der Waals surface area contributed by atoms with Crippen LogP contribution in [0.25, 0.3) is 0 Å². The Morgan fingerprint density at radius 2 is 1.42 bits per heavy atom. The van der Waals surface area contributed by atoms with Crippen LogP contribution in [0.3, 0.4) is 0 Å². The molecule has 0 aromatic heterocycles. The molecule has 0 amide bonds. The van der Waals surface area contributed by atoms with Gasteiger partial charge in [0, 0.05) is 13.6 Å². The Kier molecular flexibility index (Phi) is 7.98. The summed E-state index contributed by atoms with van der Waals surface area (Å²) in [6.07, 6.45) is 1.56. The summed E-state index contributed by atoms with van der Waals surface area (Å²) in [5.74, 6) is 0. The molecule has 3 aromatic carbocycles. The van der Waals surface area contributed by atoms with Gasteiger partial charge in [0.1, 0.15) is 0 Å². The fraction of sp³-hybridized carbons (Fsp3) is 0.280. The number of aryl methyl sites for hydroxylation is 2. The molecule has 3 N–H and O–H groups in total. The van der Waals surface area contributed by atoms with Gasteiger partial charge < -0.3 is 5.73 Å². The molecule has 5 nitrogen and oxygen atoms in total. The van der Waals surface area contributed by atoms with E-state index in [1.165, 1.54) is 15.4 Å². The molecule has 6 heteroatoms. The Morgan fingerprint density at radius 3 is 2.00 bits per heavy atom. The molecule has 0 saturated heterocycles. The summed E-state index contributed by atoms with van der Waals surface area (Å²) in [6, 6.07) is 26.3. The summed E-state index contributed by atoms with van der Waals surface area (Å²) < 4.78 is 30.4. The normalized spacial score (nSPS) is 13.8. The van der Waals surface area contributed by atoms with Crippen LogP contribution in [0.1, 0.15) is 40.8 Å². The largest absolute Gasteiger partial charge is 0.322 e. The number of benzene rings is 3. The van der Waals surface area contributed by atoms with Crippen molar-refractivity contribution < 1.29 is 8.42 Å².